The fourth-order valence-electron chi connectivity index (χ4n) is 2.55. The van der Waals surface area contributed by atoms with Crippen LogP contribution in [0.5, 0.6) is 0 Å². The van der Waals surface area contributed by atoms with E-state index in [9.17, 15) is 0 Å². The third-order valence-corrected chi connectivity index (χ3v) is 3.60. The molecule has 2 atom stereocenters. The van der Waals surface area contributed by atoms with Crippen LogP contribution in [0.4, 0.5) is 0 Å². The number of nitrogens with zero attached hydrogens (tertiary/aromatic N) is 1. The van der Waals surface area contributed by atoms with Gasteiger partial charge in [-0.05, 0) is 43.9 Å². The normalized spacial score (nSPS) is 25.3. The number of hydrogen-bond acceptors (Lipinski definition) is 3. The molecule has 2 unspecified atom stereocenters. The number of fused-ring (bicyclic) bond motifs is 1. The zero-order valence-electron chi connectivity index (χ0n) is 10.4. The van der Waals surface area contributed by atoms with Crippen molar-refractivity contribution >= 4 is 11.1 Å². The molecule has 1 N–H and O–H groups in total. The second kappa shape index (κ2) is 4.15. The van der Waals surface area contributed by atoms with Crippen molar-refractivity contribution in [2.75, 3.05) is 6.54 Å². The average Bonchev–Trinajstić information content (AvgIpc) is 2.74. The highest BCUT2D eigenvalue weighted by Crippen LogP contribution is 2.29. The Kier molecular flexibility index (Phi) is 2.63. The topological polar surface area (TPSA) is 38.1 Å². The van der Waals surface area contributed by atoms with Crippen LogP contribution in [-0.2, 0) is 0 Å². The molecule has 0 aliphatic carbocycles. The fourth-order valence-corrected chi connectivity index (χ4v) is 2.55. The zero-order chi connectivity index (χ0) is 11.8. The number of nitrogens with one attached hydrogen (secondary N) is 1. The molecule has 0 radical (unpaired) electrons. The van der Waals surface area contributed by atoms with Gasteiger partial charge in [-0.3, -0.25) is 0 Å². The summed E-state index contributed by atoms with van der Waals surface area (Å²) in [6.07, 6.45) is 2.36. The Labute approximate surface area is 101 Å². The number of oxazole rings is 1. The van der Waals surface area contributed by atoms with Gasteiger partial charge < -0.3 is 9.73 Å². The Hall–Kier alpha value is -1.35. The zero-order valence-corrected chi connectivity index (χ0v) is 10.4. The molecule has 90 valence electrons. The molecule has 0 amide bonds. The summed E-state index contributed by atoms with van der Waals surface area (Å²) < 4.78 is 5.86. The third kappa shape index (κ3) is 1.95. The first kappa shape index (κ1) is 10.8. The van der Waals surface area contributed by atoms with E-state index in [1.165, 1.54) is 12.0 Å². The van der Waals surface area contributed by atoms with Crippen molar-refractivity contribution in [2.45, 2.75) is 32.7 Å². The van der Waals surface area contributed by atoms with E-state index >= 15 is 0 Å². The molecule has 3 rings (SSSR count). The Morgan fingerprint density at radius 1 is 1.41 bits per heavy atom. The maximum atomic E-state index is 5.86. The number of piperidine rings is 1. The van der Waals surface area contributed by atoms with E-state index in [1.54, 1.807) is 0 Å². The molecule has 2 aromatic rings. The van der Waals surface area contributed by atoms with Gasteiger partial charge in [0, 0.05) is 0 Å². The molecule has 1 aromatic heterocycles. The monoisotopic (exact) mass is 230 g/mol. The van der Waals surface area contributed by atoms with E-state index < -0.39 is 0 Å². The Balaban J connectivity index is 1.97. The lowest BCUT2D eigenvalue weighted by atomic mass is 9.94. The van der Waals surface area contributed by atoms with E-state index in [-0.39, 0.29) is 6.04 Å². The summed E-state index contributed by atoms with van der Waals surface area (Å²) in [4.78, 5) is 4.64. The Bertz CT molecular complexity index is 532. The summed E-state index contributed by atoms with van der Waals surface area (Å²) in [6, 6.07) is 6.37. The Morgan fingerprint density at radius 3 is 3.06 bits per heavy atom. The van der Waals surface area contributed by atoms with Crippen molar-refractivity contribution in [3.8, 4) is 0 Å². The highest BCUT2D eigenvalue weighted by Gasteiger charge is 2.24. The maximum absolute atomic E-state index is 5.86. The molecule has 1 aliphatic rings. The second-order valence-corrected chi connectivity index (χ2v) is 5.11. The van der Waals surface area contributed by atoms with Gasteiger partial charge in [-0.15, -0.1) is 0 Å². The molecule has 0 bridgehead atoms. The van der Waals surface area contributed by atoms with Gasteiger partial charge in [-0.1, -0.05) is 19.1 Å². The predicted octanol–water partition coefficient (Wildman–Crippen LogP) is 3.20. The smallest absolute Gasteiger partial charge is 0.212 e. The van der Waals surface area contributed by atoms with Crippen molar-refractivity contribution in [2.24, 2.45) is 5.92 Å². The fraction of sp³-hybridized carbons (Fsp3) is 0.500. The number of aromatic nitrogens is 1. The summed E-state index contributed by atoms with van der Waals surface area (Å²) in [6.45, 7) is 5.43. The number of rotatable bonds is 1. The van der Waals surface area contributed by atoms with Crippen LogP contribution < -0.4 is 5.32 Å². The van der Waals surface area contributed by atoms with Crippen LogP contribution in [0, 0.1) is 12.8 Å². The Morgan fingerprint density at radius 2 is 2.29 bits per heavy atom. The molecule has 0 saturated carbocycles. The van der Waals surface area contributed by atoms with E-state index in [0.717, 1.165) is 35.9 Å². The number of benzene rings is 1. The van der Waals surface area contributed by atoms with Gasteiger partial charge in [0.1, 0.15) is 5.52 Å². The molecule has 17 heavy (non-hydrogen) atoms. The number of hydrogen-bond donors (Lipinski definition) is 1. The lowest BCUT2D eigenvalue weighted by Crippen LogP contribution is -2.30. The minimum atomic E-state index is 0.283. The van der Waals surface area contributed by atoms with Crippen LogP contribution >= 0.6 is 0 Å². The van der Waals surface area contributed by atoms with Crippen molar-refractivity contribution in [3.63, 3.8) is 0 Å². The first-order valence-corrected chi connectivity index (χ1v) is 6.33. The number of para-hydroxylation sites is 1. The van der Waals surface area contributed by atoms with Crippen LogP contribution in [0.1, 0.15) is 37.3 Å². The second-order valence-electron chi connectivity index (χ2n) is 5.11. The van der Waals surface area contributed by atoms with E-state index in [4.69, 9.17) is 4.42 Å². The highest BCUT2D eigenvalue weighted by atomic mass is 16.3. The summed E-state index contributed by atoms with van der Waals surface area (Å²) in [7, 11) is 0. The van der Waals surface area contributed by atoms with E-state index in [2.05, 4.69) is 30.2 Å². The molecule has 1 saturated heterocycles. The average molecular weight is 230 g/mol. The minimum Gasteiger partial charge on any atom is -0.439 e. The van der Waals surface area contributed by atoms with Crippen LogP contribution in [-0.4, -0.2) is 11.5 Å². The van der Waals surface area contributed by atoms with Gasteiger partial charge in [0.2, 0.25) is 5.89 Å². The summed E-state index contributed by atoms with van der Waals surface area (Å²) >= 11 is 0. The van der Waals surface area contributed by atoms with Crippen LogP contribution in [0.2, 0.25) is 0 Å². The van der Waals surface area contributed by atoms with Gasteiger partial charge in [-0.25, -0.2) is 4.98 Å². The third-order valence-electron chi connectivity index (χ3n) is 3.60. The molecule has 2 heterocycles. The number of aryl methyl sites for hydroxylation is 1. The van der Waals surface area contributed by atoms with Crippen molar-refractivity contribution in [1.29, 1.82) is 0 Å². The van der Waals surface area contributed by atoms with Crippen molar-refractivity contribution in [1.82, 2.24) is 10.3 Å². The standard InChI is InChI=1S/C14H18N2O/c1-9-6-7-15-11(8-9)14-16-13-10(2)4-3-5-12(13)17-14/h3-5,9,11,15H,6-8H2,1-2H3. The molecular formula is C14H18N2O. The van der Waals surface area contributed by atoms with Crippen LogP contribution in [0.15, 0.2) is 22.6 Å². The van der Waals surface area contributed by atoms with Gasteiger partial charge >= 0.3 is 0 Å². The first-order valence-electron chi connectivity index (χ1n) is 6.33. The van der Waals surface area contributed by atoms with Gasteiger partial charge in [0.25, 0.3) is 0 Å². The van der Waals surface area contributed by atoms with Crippen LogP contribution in [0.25, 0.3) is 11.1 Å². The quantitative estimate of drug-likeness (QED) is 0.817. The highest BCUT2D eigenvalue weighted by molar-refractivity contribution is 5.76. The van der Waals surface area contributed by atoms with E-state index in [0.29, 0.717) is 0 Å². The molecule has 0 spiro atoms. The van der Waals surface area contributed by atoms with Crippen LogP contribution in [0.3, 0.4) is 0 Å². The predicted molar refractivity (Wildman–Crippen MR) is 67.9 cm³/mol. The van der Waals surface area contributed by atoms with Gasteiger partial charge in [0.15, 0.2) is 5.58 Å². The van der Waals surface area contributed by atoms with Gasteiger partial charge in [0.05, 0.1) is 6.04 Å². The van der Waals surface area contributed by atoms with E-state index in [1.807, 2.05) is 12.1 Å². The van der Waals surface area contributed by atoms with Gasteiger partial charge in [-0.2, -0.15) is 0 Å². The minimum absolute atomic E-state index is 0.283. The lowest BCUT2D eigenvalue weighted by Gasteiger charge is -2.25. The molecule has 3 heteroatoms. The summed E-state index contributed by atoms with van der Waals surface area (Å²) in [5.74, 6) is 1.60. The SMILES string of the molecule is Cc1cccc2oc(C3CC(C)CCN3)nc12. The molecule has 3 nitrogen and oxygen atoms in total. The van der Waals surface area contributed by atoms with Crippen molar-refractivity contribution in [3.05, 3.63) is 29.7 Å². The van der Waals surface area contributed by atoms with Crippen molar-refractivity contribution < 1.29 is 4.42 Å². The lowest BCUT2D eigenvalue weighted by molar-refractivity contribution is 0.287. The molecular weight excluding hydrogens is 212 g/mol. The first-order chi connectivity index (χ1) is 8.24. The summed E-state index contributed by atoms with van der Waals surface area (Å²) in [5.41, 5.74) is 3.09. The molecule has 1 fully saturated rings. The maximum Gasteiger partial charge on any atom is 0.212 e. The molecule has 1 aromatic carbocycles. The largest absolute Gasteiger partial charge is 0.439 e. The summed E-state index contributed by atoms with van der Waals surface area (Å²) in [5, 5.41) is 3.49. The molecule has 1 aliphatic heterocycles.